The second-order valence-electron chi connectivity index (χ2n) is 7.75. The Balaban J connectivity index is 0.000000135. The van der Waals surface area contributed by atoms with Crippen molar-refractivity contribution < 1.29 is 0 Å². The van der Waals surface area contributed by atoms with E-state index in [-0.39, 0.29) is 0 Å². The first-order valence-corrected chi connectivity index (χ1v) is 8.40. The van der Waals surface area contributed by atoms with Gasteiger partial charge >= 0.3 is 0 Å². The first kappa shape index (κ1) is 16.1. The summed E-state index contributed by atoms with van der Waals surface area (Å²) < 4.78 is 0. The summed E-state index contributed by atoms with van der Waals surface area (Å²) in [5.74, 6) is 6.21. The molecule has 3 fully saturated rings. The van der Waals surface area contributed by atoms with Gasteiger partial charge in [-0.25, -0.2) is 0 Å². The fourth-order valence-corrected chi connectivity index (χ4v) is 2.97. The van der Waals surface area contributed by atoms with E-state index in [0.29, 0.717) is 0 Å². The molecule has 0 heterocycles. The molecule has 0 N–H and O–H groups in total. The zero-order chi connectivity index (χ0) is 13.7. The summed E-state index contributed by atoms with van der Waals surface area (Å²) in [5.41, 5.74) is 0. The van der Waals surface area contributed by atoms with Crippen molar-refractivity contribution in [3.05, 3.63) is 0 Å². The van der Waals surface area contributed by atoms with Crippen LogP contribution in [0, 0.1) is 35.5 Å². The highest BCUT2D eigenvalue weighted by Crippen LogP contribution is 2.33. The lowest BCUT2D eigenvalue weighted by Crippen LogP contribution is -2.18. The molecule has 4 unspecified atom stereocenters. The first-order valence-electron chi connectivity index (χ1n) is 8.40. The highest BCUT2D eigenvalue weighted by Gasteiger charge is 2.21. The summed E-state index contributed by atoms with van der Waals surface area (Å²) in [6, 6.07) is 0. The molecular weight excluding hydrogens is 216 g/mol. The standard InChI is InChI=1S/3C6H12/c1-5-3-6(2)4-5;2*1-5-3-4-6(5)2/h3*5-6H,3-4H2,1-2H3. The van der Waals surface area contributed by atoms with Crippen LogP contribution in [0.1, 0.15) is 80.1 Å². The molecule has 18 heavy (non-hydrogen) atoms. The van der Waals surface area contributed by atoms with Crippen molar-refractivity contribution in [1.82, 2.24) is 0 Å². The molecule has 3 aliphatic carbocycles. The molecule has 108 valence electrons. The summed E-state index contributed by atoms with van der Waals surface area (Å²) >= 11 is 0. The number of hydrogen-bond donors (Lipinski definition) is 0. The maximum absolute atomic E-state index is 2.33. The van der Waals surface area contributed by atoms with Crippen molar-refractivity contribution in [3.63, 3.8) is 0 Å². The van der Waals surface area contributed by atoms with Gasteiger partial charge in [-0.1, -0.05) is 67.2 Å². The van der Waals surface area contributed by atoms with Gasteiger partial charge in [-0.05, 0) is 48.3 Å². The Morgan fingerprint density at radius 3 is 0.667 bits per heavy atom. The van der Waals surface area contributed by atoms with Gasteiger partial charge in [-0.15, -0.1) is 0 Å². The van der Waals surface area contributed by atoms with Gasteiger partial charge in [-0.3, -0.25) is 0 Å². The van der Waals surface area contributed by atoms with Crippen LogP contribution in [0.4, 0.5) is 0 Å². The fraction of sp³-hybridized carbons (Fsp3) is 1.00. The summed E-state index contributed by atoms with van der Waals surface area (Å²) in [4.78, 5) is 0. The molecule has 0 amide bonds. The van der Waals surface area contributed by atoms with Gasteiger partial charge in [0.15, 0.2) is 0 Å². The maximum Gasteiger partial charge on any atom is -0.0417 e. The van der Waals surface area contributed by atoms with Gasteiger partial charge in [0.1, 0.15) is 0 Å². The van der Waals surface area contributed by atoms with Crippen molar-refractivity contribution in [2.24, 2.45) is 35.5 Å². The topological polar surface area (TPSA) is 0 Å². The van der Waals surface area contributed by atoms with E-state index >= 15 is 0 Å². The van der Waals surface area contributed by atoms with Crippen LogP contribution in [-0.4, -0.2) is 0 Å². The Labute approximate surface area is 116 Å². The first-order chi connectivity index (χ1) is 8.40. The predicted molar refractivity (Wildman–Crippen MR) is 82.7 cm³/mol. The lowest BCUT2D eigenvalue weighted by Gasteiger charge is -2.29. The highest BCUT2D eigenvalue weighted by atomic mass is 14.3. The van der Waals surface area contributed by atoms with Crippen molar-refractivity contribution in [3.8, 4) is 0 Å². The molecule has 0 bridgehead atoms. The molecule has 4 atom stereocenters. The van der Waals surface area contributed by atoms with Crippen LogP contribution in [0.3, 0.4) is 0 Å². The zero-order valence-corrected chi connectivity index (χ0v) is 13.7. The van der Waals surface area contributed by atoms with Crippen LogP contribution in [0.2, 0.25) is 0 Å². The van der Waals surface area contributed by atoms with E-state index in [4.69, 9.17) is 0 Å². The molecule has 0 aromatic rings. The minimum Gasteiger partial charge on any atom is -0.0625 e. The average Bonchev–Trinajstić information content (AvgIpc) is 2.34. The molecular formula is C18H36. The summed E-state index contributed by atoms with van der Waals surface area (Å²) in [6.45, 7) is 13.9. The van der Waals surface area contributed by atoms with Gasteiger partial charge in [0.05, 0.1) is 0 Å². The third kappa shape index (κ3) is 5.33. The van der Waals surface area contributed by atoms with Gasteiger partial charge in [0.25, 0.3) is 0 Å². The summed E-state index contributed by atoms with van der Waals surface area (Å²) in [6.07, 6.45) is 8.84. The van der Waals surface area contributed by atoms with Crippen molar-refractivity contribution >= 4 is 0 Å². The monoisotopic (exact) mass is 252 g/mol. The van der Waals surface area contributed by atoms with Crippen molar-refractivity contribution in [1.29, 1.82) is 0 Å². The summed E-state index contributed by atoms with van der Waals surface area (Å²) in [7, 11) is 0. The van der Waals surface area contributed by atoms with E-state index in [1.807, 2.05) is 0 Å². The average molecular weight is 252 g/mol. The Morgan fingerprint density at radius 1 is 0.444 bits per heavy atom. The number of hydrogen-bond acceptors (Lipinski definition) is 0. The van der Waals surface area contributed by atoms with Crippen LogP contribution in [0.25, 0.3) is 0 Å². The van der Waals surface area contributed by atoms with E-state index in [9.17, 15) is 0 Å². The van der Waals surface area contributed by atoms with Crippen LogP contribution in [-0.2, 0) is 0 Å². The van der Waals surface area contributed by atoms with E-state index in [1.165, 1.54) is 38.5 Å². The third-order valence-corrected chi connectivity index (χ3v) is 5.71. The molecule has 3 saturated carbocycles. The second-order valence-corrected chi connectivity index (χ2v) is 7.75. The lowest BCUT2D eigenvalue weighted by molar-refractivity contribution is 0.219. The van der Waals surface area contributed by atoms with Gasteiger partial charge in [-0.2, -0.15) is 0 Å². The van der Waals surface area contributed by atoms with Gasteiger partial charge in [0.2, 0.25) is 0 Å². The van der Waals surface area contributed by atoms with Crippen LogP contribution < -0.4 is 0 Å². The normalized spacial score (nSPS) is 45.0. The molecule has 0 radical (unpaired) electrons. The highest BCUT2D eigenvalue weighted by molar-refractivity contribution is 4.72. The summed E-state index contributed by atoms with van der Waals surface area (Å²) in [5, 5.41) is 0. The molecule has 0 aromatic carbocycles. The van der Waals surface area contributed by atoms with Crippen molar-refractivity contribution in [2.75, 3.05) is 0 Å². The van der Waals surface area contributed by atoms with Gasteiger partial charge < -0.3 is 0 Å². The Kier molecular flexibility index (Phi) is 6.74. The zero-order valence-electron chi connectivity index (χ0n) is 13.7. The molecule has 0 nitrogen and oxygen atoms in total. The van der Waals surface area contributed by atoms with E-state index in [2.05, 4.69) is 41.5 Å². The number of rotatable bonds is 0. The molecule has 3 aliphatic rings. The smallest absolute Gasteiger partial charge is 0.0417 e. The SMILES string of the molecule is CC1CC(C)C1.CC1CCC1C.CC1CCC1C. The lowest BCUT2D eigenvalue weighted by atomic mass is 9.77. The Hall–Kier alpha value is 0. The fourth-order valence-electron chi connectivity index (χ4n) is 2.97. The molecule has 0 saturated heterocycles. The molecule has 0 spiro atoms. The quantitative estimate of drug-likeness (QED) is 0.484. The minimum atomic E-state index is 1.03. The van der Waals surface area contributed by atoms with E-state index < -0.39 is 0 Å². The predicted octanol–water partition coefficient (Wildman–Crippen LogP) is 6.16. The Bertz CT molecular complexity index is 176. The van der Waals surface area contributed by atoms with Crippen LogP contribution in [0.15, 0.2) is 0 Å². The van der Waals surface area contributed by atoms with E-state index in [1.54, 1.807) is 0 Å². The second kappa shape index (κ2) is 7.56. The van der Waals surface area contributed by atoms with E-state index in [0.717, 1.165) is 35.5 Å². The third-order valence-electron chi connectivity index (χ3n) is 5.71. The van der Waals surface area contributed by atoms with Crippen molar-refractivity contribution in [2.45, 2.75) is 80.1 Å². The van der Waals surface area contributed by atoms with Gasteiger partial charge in [0, 0.05) is 0 Å². The van der Waals surface area contributed by atoms with Crippen LogP contribution in [0.5, 0.6) is 0 Å². The largest absolute Gasteiger partial charge is 0.0625 e. The molecule has 0 aliphatic heterocycles. The molecule has 0 heteroatoms. The Morgan fingerprint density at radius 2 is 0.667 bits per heavy atom. The van der Waals surface area contributed by atoms with Crippen LogP contribution >= 0.6 is 0 Å². The molecule has 3 rings (SSSR count). The molecule has 0 aromatic heterocycles. The maximum atomic E-state index is 2.33. The minimum absolute atomic E-state index is 1.03.